The Morgan fingerprint density at radius 3 is 2.52 bits per heavy atom. The highest BCUT2D eigenvalue weighted by Gasteiger charge is 2.17. The van der Waals surface area contributed by atoms with E-state index in [1.54, 1.807) is 24.3 Å². The monoisotopic (exact) mass is 424 g/mol. The number of nitrogens with two attached hydrogens (primary N) is 2. The van der Waals surface area contributed by atoms with Crippen molar-refractivity contribution in [3.8, 4) is 28.9 Å². The lowest BCUT2D eigenvalue weighted by molar-refractivity contribution is 0.246. The average Bonchev–Trinajstić information content (AvgIpc) is 2.81. The lowest BCUT2D eigenvalue weighted by atomic mass is 10.1. The number of pyridine rings is 2. The van der Waals surface area contributed by atoms with Crippen LogP contribution in [0.3, 0.4) is 0 Å². The van der Waals surface area contributed by atoms with Crippen molar-refractivity contribution in [1.29, 1.82) is 0 Å². The maximum absolute atomic E-state index is 11.8. The number of aryl methyl sites for hydroxylation is 1. The molecule has 31 heavy (non-hydrogen) atoms. The number of anilines is 1. The van der Waals surface area contributed by atoms with Gasteiger partial charge in [0, 0.05) is 17.7 Å². The van der Waals surface area contributed by atoms with Gasteiger partial charge in [-0.3, -0.25) is 5.43 Å². The first kappa shape index (κ1) is 21.8. The molecule has 1 aromatic carbocycles. The third-order valence-corrected chi connectivity index (χ3v) is 4.59. The lowest BCUT2D eigenvalue weighted by Crippen LogP contribution is -2.48. The Hall–Kier alpha value is -3.89. The molecule has 3 rings (SSSR count). The molecule has 2 heterocycles. The molecule has 10 nitrogen and oxygen atoms in total. The maximum atomic E-state index is 11.8. The zero-order valence-electron chi connectivity index (χ0n) is 17.5. The molecule has 0 aliphatic rings. The summed E-state index contributed by atoms with van der Waals surface area (Å²) in [5.41, 5.74) is 5.42. The molecular weight excluding hydrogens is 400 g/mol. The minimum atomic E-state index is -0.647. The van der Waals surface area contributed by atoms with Crippen molar-refractivity contribution >= 4 is 11.7 Å². The summed E-state index contributed by atoms with van der Waals surface area (Å²) in [5.74, 6) is 12.3. The van der Waals surface area contributed by atoms with E-state index in [0.29, 0.717) is 34.6 Å². The van der Waals surface area contributed by atoms with Crippen molar-refractivity contribution in [3.63, 3.8) is 0 Å². The van der Waals surface area contributed by atoms with E-state index in [9.17, 15) is 4.79 Å². The number of hydrazine groups is 2. The summed E-state index contributed by atoms with van der Waals surface area (Å²) in [6.07, 6.45) is 0. The first-order valence-corrected chi connectivity index (χ1v) is 9.31. The summed E-state index contributed by atoms with van der Waals surface area (Å²) >= 11 is 0. The van der Waals surface area contributed by atoms with Gasteiger partial charge in [0.2, 0.25) is 17.6 Å². The Balaban J connectivity index is 1.86. The zero-order chi connectivity index (χ0) is 22.4. The van der Waals surface area contributed by atoms with Gasteiger partial charge in [0.15, 0.2) is 0 Å². The third kappa shape index (κ3) is 4.82. The number of methoxy groups -OCH3 is 2. The molecule has 162 valence electrons. The Labute approximate surface area is 179 Å². The molecule has 0 radical (unpaired) electrons. The highest BCUT2D eigenvalue weighted by Crippen LogP contribution is 2.30. The highest BCUT2D eigenvalue weighted by molar-refractivity contribution is 5.91. The van der Waals surface area contributed by atoms with Crippen LogP contribution in [0.5, 0.6) is 17.6 Å². The number of aromatic nitrogens is 2. The van der Waals surface area contributed by atoms with E-state index in [1.165, 1.54) is 14.2 Å². The van der Waals surface area contributed by atoms with E-state index in [0.717, 1.165) is 16.1 Å². The number of nitrogens with one attached hydrogen (secondary N) is 1. The number of hydrogen-bond donors (Lipinski definition) is 3. The van der Waals surface area contributed by atoms with Crippen LogP contribution in [0, 0.1) is 6.92 Å². The number of amides is 2. The second-order valence-electron chi connectivity index (χ2n) is 6.45. The van der Waals surface area contributed by atoms with E-state index in [2.05, 4.69) is 9.97 Å². The van der Waals surface area contributed by atoms with Crippen LogP contribution < -0.4 is 36.3 Å². The number of hydrogen-bond acceptors (Lipinski definition) is 8. The summed E-state index contributed by atoms with van der Waals surface area (Å²) in [6.45, 7) is 2.04. The SMILES string of the molecule is COc1ccc(-c2cccc(OCc3c(C)cccc3N(N)C(=O)NN)n2)c(OC)n1. The lowest BCUT2D eigenvalue weighted by Gasteiger charge is -2.21. The molecule has 0 spiro atoms. The Bertz CT molecular complexity index is 1080. The summed E-state index contributed by atoms with van der Waals surface area (Å²) in [7, 11) is 3.06. The Kier molecular flexibility index (Phi) is 6.85. The zero-order valence-corrected chi connectivity index (χ0v) is 17.5. The molecule has 10 heteroatoms. The van der Waals surface area contributed by atoms with Crippen LogP contribution in [0.1, 0.15) is 11.1 Å². The van der Waals surface area contributed by atoms with E-state index < -0.39 is 6.03 Å². The van der Waals surface area contributed by atoms with Crippen molar-refractivity contribution < 1.29 is 19.0 Å². The van der Waals surface area contributed by atoms with Gasteiger partial charge in [-0.1, -0.05) is 18.2 Å². The number of benzene rings is 1. The predicted octanol–water partition coefficient (Wildman–Crippen LogP) is 2.31. The summed E-state index contributed by atoms with van der Waals surface area (Å²) < 4.78 is 16.4. The van der Waals surface area contributed by atoms with Gasteiger partial charge in [0.25, 0.3) is 0 Å². The Morgan fingerprint density at radius 2 is 1.81 bits per heavy atom. The molecule has 0 saturated heterocycles. The molecule has 2 amide bonds. The molecule has 5 N–H and O–H groups in total. The average molecular weight is 424 g/mol. The van der Waals surface area contributed by atoms with E-state index in [4.69, 9.17) is 25.9 Å². The van der Waals surface area contributed by atoms with Crippen molar-refractivity contribution in [3.05, 3.63) is 59.7 Å². The topological polar surface area (TPSA) is 138 Å². The van der Waals surface area contributed by atoms with Crippen LogP contribution in [0.4, 0.5) is 10.5 Å². The summed E-state index contributed by atoms with van der Waals surface area (Å²) in [5, 5.41) is 0.934. The van der Waals surface area contributed by atoms with Crippen LogP contribution >= 0.6 is 0 Å². The van der Waals surface area contributed by atoms with Crippen molar-refractivity contribution in [2.24, 2.45) is 11.7 Å². The van der Waals surface area contributed by atoms with Gasteiger partial charge in [-0.25, -0.2) is 26.5 Å². The smallest absolute Gasteiger partial charge is 0.350 e. The van der Waals surface area contributed by atoms with E-state index in [-0.39, 0.29) is 6.61 Å². The van der Waals surface area contributed by atoms with Gasteiger partial charge < -0.3 is 14.2 Å². The molecule has 0 fully saturated rings. The number of ether oxygens (including phenoxy) is 3. The fourth-order valence-corrected chi connectivity index (χ4v) is 2.96. The first-order chi connectivity index (χ1) is 15.0. The standard InChI is InChI=1S/C21H24N6O4/c1-13-6-4-8-17(27(23)21(28)26-22)15(13)12-31-19-9-5-7-16(24-19)14-10-11-18(29-2)25-20(14)30-3/h4-11H,12,22-23H2,1-3H3,(H,26,28). The molecule has 2 aromatic heterocycles. The van der Waals surface area contributed by atoms with Crippen LogP contribution in [-0.2, 0) is 6.61 Å². The molecule has 0 bridgehead atoms. The molecule has 0 aliphatic heterocycles. The largest absolute Gasteiger partial charge is 0.481 e. The van der Waals surface area contributed by atoms with Gasteiger partial charge in [0.1, 0.15) is 6.61 Å². The van der Waals surface area contributed by atoms with Crippen LogP contribution in [0.15, 0.2) is 48.5 Å². The maximum Gasteiger partial charge on any atom is 0.350 e. The van der Waals surface area contributed by atoms with Crippen LogP contribution in [-0.4, -0.2) is 30.2 Å². The number of urea groups is 1. The molecule has 0 saturated carbocycles. The van der Waals surface area contributed by atoms with Gasteiger partial charge in [-0.05, 0) is 30.7 Å². The minimum Gasteiger partial charge on any atom is -0.481 e. The van der Waals surface area contributed by atoms with Crippen LogP contribution in [0.2, 0.25) is 0 Å². The van der Waals surface area contributed by atoms with Crippen molar-refractivity contribution in [2.45, 2.75) is 13.5 Å². The van der Waals surface area contributed by atoms with E-state index >= 15 is 0 Å². The summed E-state index contributed by atoms with van der Waals surface area (Å²) in [6, 6.07) is 13.7. The molecular formula is C21H24N6O4. The fourth-order valence-electron chi connectivity index (χ4n) is 2.96. The van der Waals surface area contributed by atoms with Gasteiger partial charge in [-0.2, -0.15) is 4.98 Å². The number of nitrogens with zero attached hydrogens (tertiary/aromatic N) is 3. The number of carbonyl (C=O) groups excluding carboxylic acids is 1. The molecule has 0 aliphatic carbocycles. The quantitative estimate of drug-likeness (QED) is 0.298. The summed E-state index contributed by atoms with van der Waals surface area (Å²) in [4.78, 5) is 20.7. The van der Waals surface area contributed by atoms with Crippen molar-refractivity contribution in [1.82, 2.24) is 15.4 Å². The fraction of sp³-hybridized carbons (Fsp3) is 0.190. The predicted molar refractivity (Wildman–Crippen MR) is 115 cm³/mol. The number of carbonyl (C=O) groups is 1. The first-order valence-electron chi connectivity index (χ1n) is 9.31. The minimum absolute atomic E-state index is 0.141. The third-order valence-electron chi connectivity index (χ3n) is 4.59. The Morgan fingerprint density at radius 1 is 1.03 bits per heavy atom. The van der Waals surface area contributed by atoms with E-state index in [1.807, 2.05) is 36.6 Å². The number of rotatable bonds is 7. The van der Waals surface area contributed by atoms with Crippen molar-refractivity contribution in [2.75, 3.05) is 19.2 Å². The second kappa shape index (κ2) is 9.74. The van der Waals surface area contributed by atoms with Gasteiger partial charge in [-0.15, -0.1) is 0 Å². The van der Waals surface area contributed by atoms with Crippen LogP contribution in [0.25, 0.3) is 11.3 Å². The second-order valence-corrected chi connectivity index (χ2v) is 6.45. The highest BCUT2D eigenvalue weighted by atomic mass is 16.5. The molecule has 0 atom stereocenters. The molecule has 0 unspecified atom stereocenters. The molecule has 3 aromatic rings. The van der Waals surface area contributed by atoms with Gasteiger partial charge >= 0.3 is 6.03 Å². The normalized spacial score (nSPS) is 10.4. The van der Waals surface area contributed by atoms with Gasteiger partial charge in [0.05, 0.1) is 31.2 Å².